The molecule has 17 heavy (non-hydrogen) atoms. The Bertz CT molecular complexity index is 202. The van der Waals surface area contributed by atoms with Crippen LogP contribution in [0.4, 0.5) is 13.2 Å². The molecule has 0 N–H and O–H groups in total. The molecule has 102 valence electrons. The molecule has 0 aliphatic carbocycles. The van der Waals surface area contributed by atoms with Gasteiger partial charge in [-0.05, 0) is 19.8 Å². The fourth-order valence-corrected chi connectivity index (χ4v) is 1.47. The lowest BCUT2D eigenvalue weighted by Crippen LogP contribution is -2.17. The zero-order valence-corrected chi connectivity index (χ0v) is 10.3. The topological polar surface area (TPSA) is 26.3 Å². The van der Waals surface area contributed by atoms with Gasteiger partial charge in [0.1, 0.15) is 12.4 Å². The minimum Gasteiger partial charge on any atom is -0.372 e. The molecule has 0 aliphatic heterocycles. The molecule has 0 aromatic heterocycles. The van der Waals surface area contributed by atoms with Gasteiger partial charge in [-0.15, -0.1) is 0 Å². The first-order valence-electron chi connectivity index (χ1n) is 6.06. The number of ketones is 1. The summed E-state index contributed by atoms with van der Waals surface area (Å²) in [6.07, 6.45) is 1.94. The van der Waals surface area contributed by atoms with Gasteiger partial charge >= 0.3 is 6.18 Å². The molecule has 0 saturated carbocycles. The van der Waals surface area contributed by atoms with E-state index >= 15 is 0 Å². The standard InChI is InChI=1S/C12H21F3O2/c1-11(16)8-6-4-2-3-5-7-9-17-10-12(13,14)15/h2-10H2,1H3. The predicted molar refractivity (Wildman–Crippen MR) is 59.9 cm³/mol. The fourth-order valence-electron chi connectivity index (χ4n) is 1.47. The van der Waals surface area contributed by atoms with Gasteiger partial charge < -0.3 is 9.53 Å². The van der Waals surface area contributed by atoms with Crippen molar-refractivity contribution < 1.29 is 22.7 Å². The monoisotopic (exact) mass is 254 g/mol. The summed E-state index contributed by atoms with van der Waals surface area (Å²) in [6.45, 7) is 0.608. The van der Waals surface area contributed by atoms with Crippen molar-refractivity contribution in [3.05, 3.63) is 0 Å². The highest BCUT2D eigenvalue weighted by Gasteiger charge is 2.26. The first kappa shape index (κ1) is 16.4. The summed E-state index contributed by atoms with van der Waals surface area (Å²) in [5, 5.41) is 0. The maximum absolute atomic E-state index is 11.7. The van der Waals surface area contributed by atoms with E-state index in [9.17, 15) is 18.0 Å². The molecule has 5 heteroatoms. The van der Waals surface area contributed by atoms with Gasteiger partial charge in [-0.1, -0.05) is 25.7 Å². The summed E-state index contributed by atoms with van der Waals surface area (Å²) in [5.41, 5.74) is 0. The van der Waals surface area contributed by atoms with Crippen molar-refractivity contribution in [2.75, 3.05) is 13.2 Å². The highest BCUT2D eigenvalue weighted by molar-refractivity contribution is 5.75. The third-order valence-corrected chi connectivity index (χ3v) is 2.33. The number of ether oxygens (including phenoxy) is 1. The van der Waals surface area contributed by atoms with Crippen molar-refractivity contribution in [2.24, 2.45) is 0 Å². The molecule has 0 aliphatic rings. The Morgan fingerprint density at radius 2 is 1.53 bits per heavy atom. The largest absolute Gasteiger partial charge is 0.411 e. The van der Waals surface area contributed by atoms with E-state index in [0.29, 0.717) is 12.8 Å². The number of Topliss-reactive ketones (excluding diaryl/α,β-unsaturated/α-hetero) is 1. The molecule has 0 rings (SSSR count). The molecule has 0 fully saturated rings. The number of carbonyl (C=O) groups is 1. The molecule has 0 heterocycles. The van der Waals surface area contributed by atoms with Crippen molar-refractivity contribution in [3.63, 3.8) is 0 Å². The average Bonchev–Trinajstić information content (AvgIpc) is 2.18. The van der Waals surface area contributed by atoms with E-state index in [1.54, 1.807) is 6.92 Å². The second kappa shape index (κ2) is 9.45. The summed E-state index contributed by atoms with van der Waals surface area (Å²) < 4.78 is 39.5. The van der Waals surface area contributed by atoms with Gasteiger partial charge in [0.05, 0.1) is 0 Å². The molecule has 0 amide bonds. The number of hydrogen-bond donors (Lipinski definition) is 0. The van der Waals surface area contributed by atoms with E-state index in [-0.39, 0.29) is 12.4 Å². The second-order valence-electron chi connectivity index (χ2n) is 4.24. The fraction of sp³-hybridized carbons (Fsp3) is 0.917. The van der Waals surface area contributed by atoms with Crippen LogP contribution < -0.4 is 0 Å². The van der Waals surface area contributed by atoms with Crippen molar-refractivity contribution in [3.8, 4) is 0 Å². The van der Waals surface area contributed by atoms with Crippen LogP contribution in [-0.4, -0.2) is 25.2 Å². The molecule has 2 nitrogen and oxygen atoms in total. The number of hydrogen-bond acceptors (Lipinski definition) is 2. The Morgan fingerprint density at radius 1 is 1.00 bits per heavy atom. The number of alkyl halides is 3. The van der Waals surface area contributed by atoms with Crippen molar-refractivity contribution in [1.29, 1.82) is 0 Å². The van der Waals surface area contributed by atoms with Crippen LogP contribution in [0, 0.1) is 0 Å². The molecule has 0 saturated heterocycles. The minimum atomic E-state index is -4.22. The van der Waals surface area contributed by atoms with E-state index in [0.717, 1.165) is 32.1 Å². The van der Waals surface area contributed by atoms with Crippen molar-refractivity contribution >= 4 is 5.78 Å². The Balaban J connectivity index is 3.06. The number of carbonyl (C=O) groups excluding carboxylic acids is 1. The first-order chi connectivity index (χ1) is 7.92. The molecule has 0 aromatic carbocycles. The number of unbranched alkanes of at least 4 members (excludes halogenated alkanes) is 5. The molecular formula is C12H21F3O2. The summed E-state index contributed by atoms with van der Waals surface area (Å²) >= 11 is 0. The van der Waals surface area contributed by atoms with Crippen LogP contribution in [0.15, 0.2) is 0 Å². The average molecular weight is 254 g/mol. The van der Waals surface area contributed by atoms with Crippen LogP contribution in [0.2, 0.25) is 0 Å². The third kappa shape index (κ3) is 15.4. The quantitative estimate of drug-likeness (QED) is 0.553. The zero-order valence-electron chi connectivity index (χ0n) is 10.3. The van der Waals surface area contributed by atoms with Gasteiger partial charge in [0.25, 0.3) is 0 Å². The minimum absolute atomic E-state index is 0.174. The van der Waals surface area contributed by atoms with Crippen LogP contribution in [0.1, 0.15) is 51.9 Å². The van der Waals surface area contributed by atoms with Gasteiger partial charge in [0, 0.05) is 13.0 Å². The maximum atomic E-state index is 11.7. The van der Waals surface area contributed by atoms with Gasteiger partial charge in [-0.25, -0.2) is 0 Å². The van der Waals surface area contributed by atoms with Crippen LogP contribution in [0.5, 0.6) is 0 Å². The molecule has 0 spiro atoms. The molecule has 0 aromatic rings. The number of halogens is 3. The summed E-state index contributed by atoms with van der Waals surface area (Å²) in [7, 11) is 0. The lowest BCUT2D eigenvalue weighted by Gasteiger charge is -2.07. The summed E-state index contributed by atoms with van der Waals surface area (Å²) in [4.78, 5) is 10.6. The van der Waals surface area contributed by atoms with Crippen LogP contribution in [0.25, 0.3) is 0 Å². The SMILES string of the molecule is CC(=O)CCCCCCCCOCC(F)(F)F. The maximum Gasteiger partial charge on any atom is 0.411 e. The highest BCUT2D eigenvalue weighted by atomic mass is 19.4. The van der Waals surface area contributed by atoms with E-state index in [1.165, 1.54) is 0 Å². The van der Waals surface area contributed by atoms with Crippen LogP contribution in [-0.2, 0) is 9.53 Å². The lowest BCUT2D eigenvalue weighted by molar-refractivity contribution is -0.174. The van der Waals surface area contributed by atoms with Crippen molar-refractivity contribution in [1.82, 2.24) is 0 Å². The van der Waals surface area contributed by atoms with Crippen molar-refractivity contribution in [2.45, 2.75) is 58.0 Å². The van der Waals surface area contributed by atoms with E-state index in [2.05, 4.69) is 4.74 Å². The smallest absolute Gasteiger partial charge is 0.372 e. The molecule has 0 bridgehead atoms. The molecule has 0 unspecified atom stereocenters. The van der Waals surface area contributed by atoms with E-state index in [1.807, 2.05) is 0 Å². The Kier molecular flexibility index (Phi) is 9.13. The lowest BCUT2D eigenvalue weighted by atomic mass is 10.1. The van der Waals surface area contributed by atoms with Gasteiger partial charge in [0.15, 0.2) is 0 Å². The Morgan fingerprint density at radius 3 is 2.06 bits per heavy atom. The highest BCUT2D eigenvalue weighted by Crippen LogP contribution is 2.15. The van der Waals surface area contributed by atoms with Crippen LogP contribution >= 0.6 is 0 Å². The third-order valence-electron chi connectivity index (χ3n) is 2.33. The summed E-state index contributed by atoms with van der Waals surface area (Å²) in [5.74, 6) is 0.213. The molecular weight excluding hydrogens is 233 g/mol. The van der Waals surface area contributed by atoms with Gasteiger partial charge in [0.2, 0.25) is 0 Å². The first-order valence-corrected chi connectivity index (χ1v) is 6.06. The number of rotatable bonds is 10. The normalized spacial score (nSPS) is 11.8. The van der Waals surface area contributed by atoms with Gasteiger partial charge in [-0.3, -0.25) is 0 Å². The predicted octanol–water partition coefficient (Wildman–Crippen LogP) is 3.89. The second-order valence-corrected chi connectivity index (χ2v) is 4.24. The summed E-state index contributed by atoms with van der Waals surface area (Å²) in [6, 6.07) is 0. The molecule has 0 atom stereocenters. The Labute approximate surface area is 101 Å². The zero-order chi connectivity index (χ0) is 13.1. The Hall–Kier alpha value is -0.580. The van der Waals surface area contributed by atoms with Gasteiger partial charge in [-0.2, -0.15) is 13.2 Å². The van der Waals surface area contributed by atoms with E-state index in [4.69, 9.17) is 0 Å². The molecule has 0 radical (unpaired) electrons. The van der Waals surface area contributed by atoms with E-state index < -0.39 is 12.8 Å². The van der Waals surface area contributed by atoms with Crippen LogP contribution in [0.3, 0.4) is 0 Å².